The van der Waals surface area contributed by atoms with E-state index in [1.807, 2.05) is 54.6 Å². The Morgan fingerprint density at radius 3 is 2.20 bits per heavy atom. The Bertz CT molecular complexity index is 604. The van der Waals surface area contributed by atoms with Crippen LogP contribution in [0.3, 0.4) is 0 Å². The summed E-state index contributed by atoms with van der Waals surface area (Å²) in [6.45, 7) is 3.56. The minimum Gasteiger partial charge on any atom is -0.458 e. The van der Waals surface area contributed by atoms with Crippen molar-refractivity contribution >= 4 is 17.3 Å². The summed E-state index contributed by atoms with van der Waals surface area (Å²) in [5.74, 6) is -0.433. The average molecular weight is 266 g/mol. The first kappa shape index (κ1) is 13.7. The summed E-state index contributed by atoms with van der Waals surface area (Å²) in [6, 6.07) is 16.8. The van der Waals surface area contributed by atoms with Gasteiger partial charge in [0.15, 0.2) is 0 Å². The minimum absolute atomic E-state index is 0.223. The quantitative estimate of drug-likeness (QED) is 0.459. The summed E-state index contributed by atoms with van der Waals surface area (Å²) >= 11 is 0. The second kappa shape index (κ2) is 6.99. The van der Waals surface area contributed by atoms with E-state index < -0.39 is 5.97 Å². The average Bonchev–Trinajstić information content (AvgIpc) is 2.52. The van der Waals surface area contributed by atoms with E-state index in [4.69, 9.17) is 4.74 Å². The maximum absolute atomic E-state index is 10.9. The molecule has 0 fully saturated rings. The normalized spacial score (nSPS) is 10.4. The zero-order chi connectivity index (χ0) is 14.2. The summed E-state index contributed by atoms with van der Waals surface area (Å²) < 4.78 is 4.94. The molecule has 0 N–H and O–H groups in total. The van der Waals surface area contributed by atoms with E-state index in [0.29, 0.717) is 0 Å². The molecule has 0 atom stereocenters. The number of esters is 1. The molecule has 0 saturated heterocycles. The van der Waals surface area contributed by atoms with Crippen molar-refractivity contribution in [2.24, 2.45) is 10.2 Å². The number of benzene rings is 2. The van der Waals surface area contributed by atoms with E-state index in [1.54, 1.807) is 0 Å². The molecule has 0 aliphatic rings. The van der Waals surface area contributed by atoms with Gasteiger partial charge in [-0.15, -0.1) is 0 Å². The monoisotopic (exact) mass is 266 g/mol. The van der Waals surface area contributed by atoms with Crippen LogP contribution in [0, 0.1) is 0 Å². The van der Waals surface area contributed by atoms with Gasteiger partial charge in [0.25, 0.3) is 0 Å². The Balaban J connectivity index is 1.96. The van der Waals surface area contributed by atoms with Gasteiger partial charge >= 0.3 is 5.97 Å². The molecular weight excluding hydrogens is 252 g/mol. The SMILES string of the molecule is C=CC(=O)OCc1ccc(N=Nc2ccccc2)cc1. The highest BCUT2D eigenvalue weighted by Crippen LogP contribution is 2.18. The fourth-order valence-corrected chi connectivity index (χ4v) is 1.48. The van der Waals surface area contributed by atoms with Crippen molar-refractivity contribution in [2.75, 3.05) is 0 Å². The van der Waals surface area contributed by atoms with E-state index in [2.05, 4.69) is 16.8 Å². The summed E-state index contributed by atoms with van der Waals surface area (Å²) in [5.41, 5.74) is 2.43. The van der Waals surface area contributed by atoms with Gasteiger partial charge < -0.3 is 4.74 Å². The van der Waals surface area contributed by atoms with Crippen molar-refractivity contribution in [3.8, 4) is 0 Å². The molecule has 0 saturated carbocycles. The van der Waals surface area contributed by atoms with Gasteiger partial charge in [-0.3, -0.25) is 0 Å². The molecule has 0 spiro atoms. The summed E-state index contributed by atoms with van der Waals surface area (Å²) in [6.07, 6.45) is 1.14. The second-order valence-electron chi connectivity index (χ2n) is 4.01. The maximum atomic E-state index is 10.9. The molecule has 0 aliphatic carbocycles. The van der Waals surface area contributed by atoms with Gasteiger partial charge in [-0.05, 0) is 29.8 Å². The van der Waals surface area contributed by atoms with Gasteiger partial charge in [0.05, 0.1) is 11.4 Å². The second-order valence-corrected chi connectivity index (χ2v) is 4.01. The molecule has 0 aliphatic heterocycles. The van der Waals surface area contributed by atoms with Crippen LogP contribution in [-0.4, -0.2) is 5.97 Å². The highest BCUT2D eigenvalue weighted by atomic mass is 16.5. The van der Waals surface area contributed by atoms with Crippen molar-refractivity contribution in [3.63, 3.8) is 0 Å². The van der Waals surface area contributed by atoms with Crippen LogP contribution in [0.15, 0.2) is 77.5 Å². The van der Waals surface area contributed by atoms with Crippen LogP contribution in [-0.2, 0) is 16.1 Å². The van der Waals surface area contributed by atoms with Crippen LogP contribution in [0.4, 0.5) is 11.4 Å². The molecule has 0 bridgehead atoms. The zero-order valence-corrected chi connectivity index (χ0v) is 10.9. The molecule has 0 amide bonds. The number of hydrogen-bond acceptors (Lipinski definition) is 4. The molecule has 4 nitrogen and oxygen atoms in total. The largest absolute Gasteiger partial charge is 0.458 e. The predicted molar refractivity (Wildman–Crippen MR) is 77.1 cm³/mol. The first-order valence-corrected chi connectivity index (χ1v) is 6.13. The smallest absolute Gasteiger partial charge is 0.330 e. The van der Waals surface area contributed by atoms with Gasteiger partial charge in [0.1, 0.15) is 6.61 Å². The Labute approximate surface area is 117 Å². The third kappa shape index (κ3) is 4.17. The highest BCUT2D eigenvalue weighted by Gasteiger charge is 1.98. The molecule has 2 aromatic rings. The van der Waals surface area contributed by atoms with Gasteiger partial charge in [-0.1, -0.05) is 36.9 Å². The van der Waals surface area contributed by atoms with Crippen LogP contribution >= 0.6 is 0 Å². The number of nitrogens with zero attached hydrogens (tertiary/aromatic N) is 2. The van der Waals surface area contributed by atoms with Crippen LogP contribution in [0.2, 0.25) is 0 Å². The Morgan fingerprint density at radius 2 is 1.60 bits per heavy atom. The highest BCUT2D eigenvalue weighted by molar-refractivity contribution is 5.81. The first-order chi connectivity index (χ1) is 9.78. The van der Waals surface area contributed by atoms with Crippen LogP contribution in [0.1, 0.15) is 5.56 Å². The summed E-state index contributed by atoms with van der Waals surface area (Å²) in [4.78, 5) is 10.9. The van der Waals surface area contributed by atoms with Crippen molar-refractivity contribution in [1.29, 1.82) is 0 Å². The van der Waals surface area contributed by atoms with E-state index in [-0.39, 0.29) is 6.61 Å². The third-order valence-electron chi connectivity index (χ3n) is 2.52. The van der Waals surface area contributed by atoms with Crippen LogP contribution in [0.25, 0.3) is 0 Å². The molecule has 100 valence electrons. The molecule has 2 rings (SSSR count). The third-order valence-corrected chi connectivity index (χ3v) is 2.52. The lowest BCUT2D eigenvalue weighted by Crippen LogP contribution is -1.99. The van der Waals surface area contributed by atoms with E-state index in [0.717, 1.165) is 23.0 Å². The Morgan fingerprint density at radius 1 is 1.00 bits per heavy atom. The minimum atomic E-state index is -0.433. The number of carbonyl (C=O) groups excluding carboxylic acids is 1. The summed E-state index contributed by atoms with van der Waals surface area (Å²) in [7, 11) is 0. The number of ether oxygens (including phenoxy) is 1. The lowest BCUT2D eigenvalue weighted by Gasteiger charge is -2.02. The van der Waals surface area contributed by atoms with Crippen LogP contribution in [0.5, 0.6) is 0 Å². The van der Waals surface area contributed by atoms with Gasteiger partial charge in [-0.2, -0.15) is 10.2 Å². The van der Waals surface area contributed by atoms with Crippen molar-refractivity contribution in [1.82, 2.24) is 0 Å². The fourth-order valence-electron chi connectivity index (χ4n) is 1.48. The van der Waals surface area contributed by atoms with E-state index in [9.17, 15) is 4.79 Å². The lowest BCUT2D eigenvalue weighted by atomic mass is 10.2. The zero-order valence-electron chi connectivity index (χ0n) is 10.9. The standard InChI is InChI=1S/C16H14N2O2/c1-2-16(19)20-12-13-8-10-15(11-9-13)18-17-14-6-4-3-5-7-14/h2-11H,1,12H2. The predicted octanol–water partition coefficient (Wildman–Crippen LogP) is 4.33. The van der Waals surface area contributed by atoms with E-state index >= 15 is 0 Å². The molecule has 4 heteroatoms. The number of hydrogen-bond donors (Lipinski definition) is 0. The Kier molecular flexibility index (Phi) is 4.78. The van der Waals surface area contributed by atoms with Crippen molar-refractivity contribution in [2.45, 2.75) is 6.61 Å². The molecule has 20 heavy (non-hydrogen) atoms. The molecular formula is C16H14N2O2. The molecule has 0 heterocycles. The number of carbonyl (C=O) groups is 1. The van der Waals surface area contributed by atoms with Gasteiger partial charge in [0, 0.05) is 6.08 Å². The van der Waals surface area contributed by atoms with Gasteiger partial charge in [0.2, 0.25) is 0 Å². The topological polar surface area (TPSA) is 51.0 Å². The maximum Gasteiger partial charge on any atom is 0.330 e. The fraction of sp³-hybridized carbons (Fsp3) is 0.0625. The number of azo groups is 1. The molecule has 0 unspecified atom stereocenters. The van der Waals surface area contributed by atoms with Gasteiger partial charge in [-0.25, -0.2) is 4.79 Å². The Hall–Kier alpha value is -2.75. The number of rotatable bonds is 5. The van der Waals surface area contributed by atoms with Crippen LogP contribution < -0.4 is 0 Å². The van der Waals surface area contributed by atoms with Crippen molar-refractivity contribution < 1.29 is 9.53 Å². The van der Waals surface area contributed by atoms with E-state index in [1.165, 1.54) is 0 Å². The molecule has 2 aromatic carbocycles. The van der Waals surface area contributed by atoms with Crippen molar-refractivity contribution in [3.05, 3.63) is 72.8 Å². The molecule has 0 aromatic heterocycles. The lowest BCUT2D eigenvalue weighted by molar-refractivity contribution is -0.138. The first-order valence-electron chi connectivity index (χ1n) is 6.13. The summed E-state index contributed by atoms with van der Waals surface area (Å²) in [5, 5.41) is 8.25. The molecule has 0 radical (unpaired) electrons.